The summed E-state index contributed by atoms with van der Waals surface area (Å²) in [5.74, 6) is 0. The molecule has 0 heterocycles. The Bertz CT molecular complexity index is 55.0. The van der Waals surface area contributed by atoms with Crippen molar-refractivity contribution in [1.29, 1.82) is 0 Å². The summed E-state index contributed by atoms with van der Waals surface area (Å²) >= 11 is 0. The van der Waals surface area contributed by atoms with E-state index in [0.29, 0.717) is 6.90 Å². The molecule has 0 N–H and O–H groups in total. The summed E-state index contributed by atoms with van der Waals surface area (Å²) in [6.07, 6.45) is 1.95. The van der Waals surface area contributed by atoms with Gasteiger partial charge in [0, 0.05) is 1.37 Å². The van der Waals surface area contributed by atoms with Gasteiger partial charge in [-0.2, -0.15) is 0 Å². The lowest BCUT2D eigenvalue weighted by Gasteiger charge is -1.74. The second kappa shape index (κ2) is 2.01. The third-order valence-corrected chi connectivity index (χ3v) is 0.493. The van der Waals surface area contributed by atoms with Gasteiger partial charge in [-0.1, -0.05) is 11.6 Å². The molecule has 0 aromatic rings. The summed E-state index contributed by atoms with van der Waals surface area (Å²) in [5, 5.41) is 0. The average Bonchev–Trinajstić information content (AvgIpc) is 1.65. The summed E-state index contributed by atoms with van der Waals surface area (Å²) in [5.41, 5.74) is 1.13. The fourth-order valence-corrected chi connectivity index (χ4v) is 0. The first-order valence-electron chi connectivity index (χ1n) is 2.43. The molecule has 0 aliphatic rings. The minimum absolute atomic E-state index is 0.441. The van der Waals surface area contributed by atoms with Crippen molar-refractivity contribution in [2.75, 3.05) is 0 Å². The molecule has 0 saturated heterocycles. The highest BCUT2D eigenvalue weighted by Gasteiger charge is 1.60. The number of rotatable bonds is 0. The van der Waals surface area contributed by atoms with E-state index in [9.17, 15) is 0 Å². The lowest BCUT2D eigenvalue weighted by atomic mass is 10.3. The SMILES string of the molecule is [3H]C/C(C)=C/C. The van der Waals surface area contributed by atoms with Gasteiger partial charge in [0.2, 0.25) is 0 Å². The van der Waals surface area contributed by atoms with Crippen molar-refractivity contribution < 1.29 is 1.37 Å². The quantitative estimate of drug-likeness (QED) is 0.384. The van der Waals surface area contributed by atoms with E-state index in [1.165, 1.54) is 0 Å². The second-order valence-electron chi connectivity index (χ2n) is 1.14. The fraction of sp³-hybridized carbons (Fsp3) is 0.600. The number of hydrogen-bond donors (Lipinski definition) is 0. The molecular formula is C5H10. The van der Waals surface area contributed by atoms with E-state index < -0.39 is 0 Å². The van der Waals surface area contributed by atoms with Crippen molar-refractivity contribution >= 4 is 0 Å². The summed E-state index contributed by atoms with van der Waals surface area (Å²) in [7, 11) is 0. The Morgan fingerprint density at radius 3 is 2.60 bits per heavy atom. The van der Waals surface area contributed by atoms with E-state index in [1.54, 1.807) is 0 Å². The zero-order valence-electron chi connectivity index (χ0n) is 4.78. The largest absolute Gasteiger partial charge is 0.0890 e. The molecule has 5 heavy (non-hydrogen) atoms. The van der Waals surface area contributed by atoms with Gasteiger partial charge in [0.15, 0.2) is 0 Å². The summed E-state index contributed by atoms with van der Waals surface area (Å²) < 4.78 is 6.74. The molecule has 0 spiro atoms. The maximum Gasteiger partial charge on any atom is 0.0276 e. The Balaban J connectivity index is 3.22. The van der Waals surface area contributed by atoms with Crippen LogP contribution in [0.15, 0.2) is 11.6 Å². The highest BCUT2D eigenvalue weighted by molar-refractivity contribution is 4.88. The Kier molecular flexibility index (Phi) is 1.18. The molecule has 0 fully saturated rings. The van der Waals surface area contributed by atoms with E-state index in [0.717, 1.165) is 5.57 Å². The van der Waals surface area contributed by atoms with Gasteiger partial charge in [0.1, 0.15) is 0 Å². The number of allylic oxidation sites excluding steroid dienone is 2. The molecule has 0 aromatic carbocycles. The molecule has 0 heteroatoms. The van der Waals surface area contributed by atoms with Crippen LogP contribution in [0.25, 0.3) is 0 Å². The van der Waals surface area contributed by atoms with E-state index >= 15 is 0 Å². The normalized spacial score (nSPS) is 14.8. The van der Waals surface area contributed by atoms with Crippen molar-refractivity contribution in [3.8, 4) is 0 Å². The Morgan fingerprint density at radius 1 is 2.00 bits per heavy atom. The Morgan fingerprint density at radius 2 is 2.60 bits per heavy atom. The lowest BCUT2D eigenvalue weighted by Crippen LogP contribution is -1.52. The Labute approximate surface area is 34.9 Å². The standard InChI is InChI=1S/C5H10/c1-4-5(2)3/h4H,1-3H3/i2T/b5-4-. The van der Waals surface area contributed by atoms with Gasteiger partial charge in [0.25, 0.3) is 0 Å². The van der Waals surface area contributed by atoms with Gasteiger partial charge in [-0.25, -0.2) is 0 Å². The molecule has 0 aliphatic carbocycles. The molecule has 0 radical (unpaired) electrons. The fourth-order valence-electron chi connectivity index (χ4n) is 0. The molecule has 0 nitrogen and oxygen atoms in total. The van der Waals surface area contributed by atoms with Crippen LogP contribution < -0.4 is 0 Å². The van der Waals surface area contributed by atoms with Crippen LogP contribution in [-0.2, 0) is 0 Å². The van der Waals surface area contributed by atoms with Crippen molar-refractivity contribution in [2.45, 2.75) is 20.7 Å². The second-order valence-corrected chi connectivity index (χ2v) is 1.14. The third-order valence-electron chi connectivity index (χ3n) is 0.493. The first-order valence-corrected chi connectivity index (χ1v) is 1.72. The van der Waals surface area contributed by atoms with Crippen LogP contribution >= 0.6 is 0 Å². The molecule has 0 unspecified atom stereocenters. The van der Waals surface area contributed by atoms with Crippen molar-refractivity contribution in [3.63, 3.8) is 0 Å². The summed E-state index contributed by atoms with van der Waals surface area (Å²) in [6, 6.07) is 0. The van der Waals surface area contributed by atoms with Gasteiger partial charge in [-0.15, -0.1) is 0 Å². The van der Waals surface area contributed by atoms with Crippen LogP contribution in [0.2, 0.25) is 0 Å². The van der Waals surface area contributed by atoms with Crippen molar-refractivity contribution in [3.05, 3.63) is 11.6 Å². The number of hydrogen-bond acceptors (Lipinski definition) is 0. The third kappa shape index (κ3) is 3.74. The van der Waals surface area contributed by atoms with Crippen molar-refractivity contribution in [2.24, 2.45) is 0 Å². The molecule has 30 valence electrons. The first-order chi connectivity index (χ1) is 2.81. The van der Waals surface area contributed by atoms with Gasteiger partial charge in [0.05, 0.1) is 0 Å². The maximum absolute atomic E-state index is 6.74. The Hall–Kier alpha value is -0.260. The molecule has 0 saturated carbocycles. The topological polar surface area (TPSA) is 0 Å². The van der Waals surface area contributed by atoms with Gasteiger partial charge in [-0.05, 0) is 20.7 Å². The van der Waals surface area contributed by atoms with Gasteiger partial charge >= 0.3 is 0 Å². The maximum atomic E-state index is 6.74. The predicted octanol–water partition coefficient (Wildman–Crippen LogP) is 1.97. The molecule has 0 rings (SSSR count). The smallest absolute Gasteiger partial charge is 0.0276 e. The van der Waals surface area contributed by atoms with Crippen LogP contribution in [0.1, 0.15) is 22.1 Å². The van der Waals surface area contributed by atoms with E-state index in [1.807, 2.05) is 19.9 Å². The molecule has 0 aromatic heterocycles. The van der Waals surface area contributed by atoms with Crippen LogP contribution in [0.3, 0.4) is 0 Å². The molecule has 0 bridgehead atoms. The predicted molar refractivity (Wildman–Crippen MR) is 25.1 cm³/mol. The lowest BCUT2D eigenvalue weighted by molar-refractivity contribution is 1.36. The van der Waals surface area contributed by atoms with Crippen LogP contribution in [-0.4, -0.2) is 0 Å². The van der Waals surface area contributed by atoms with E-state index in [-0.39, 0.29) is 0 Å². The zero-order chi connectivity index (χ0) is 4.99. The van der Waals surface area contributed by atoms with Gasteiger partial charge < -0.3 is 0 Å². The van der Waals surface area contributed by atoms with Crippen LogP contribution in [0, 0.1) is 0 Å². The molecule has 0 amide bonds. The summed E-state index contributed by atoms with van der Waals surface area (Å²) in [4.78, 5) is 0. The molecule has 0 aliphatic heterocycles. The van der Waals surface area contributed by atoms with E-state index in [4.69, 9.17) is 1.37 Å². The average molecular weight is 72.1 g/mol. The highest BCUT2D eigenvalue weighted by atomic mass is 13.7. The highest BCUT2D eigenvalue weighted by Crippen LogP contribution is 1.82. The minimum Gasteiger partial charge on any atom is -0.0890 e. The monoisotopic (exact) mass is 72.1 g/mol. The van der Waals surface area contributed by atoms with Crippen LogP contribution in [0.5, 0.6) is 0 Å². The first kappa shape index (κ1) is 2.95. The van der Waals surface area contributed by atoms with Crippen LogP contribution in [0.4, 0.5) is 0 Å². The minimum atomic E-state index is 0.441. The van der Waals surface area contributed by atoms with Gasteiger partial charge in [-0.3, -0.25) is 0 Å². The zero-order valence-corrected chi connectivity index (χ0v) is 3.78. The van der Waals surface area contributed by atoms with E-state index in [2.05, 4.69) is 0 Å². The van der Waals surface area contributed by atoms with Crippen molar-refractivity contribution in [1.82, 2.24) is 0 Å². The summed E-state index contributed by atoms with van der Waals surface area (Å²) in [6.45, 7) is 4.34. The molecule has 0 atom stereocenters. The molecular weight excluding hydrogens is 60.1 g/mol.